The highest BCUT2D eigenvalue weighted by Gasteiger charge is 2.35. The van der Waals surface area contributed by atoms with E-state index in [2.05, 4.69) is 10.3 Å². The van der Waals surface area contributed by atoms with Crippen molar-refractivity contribution in [3.8, 4) is 5.75 Å². The average molecular weight is 225 g/mol. The molecule has 1 aromatic rings. The molecule has 0 radical (unpaired) electrons. The predicted molar refractivity (Wildman–Crippen MR) is 54.5 cm³/mol. The minimum absolute atomic E-state index is 0.201. The van der Waals surface area contributed by atoms with E-state index in [1.807, 2.05) is 0 Å². The number of nitrogens with two attached hydrogens (primary N) is 1. The Hall–Kier alpha value is -1.69. The smallest absolute Gasteiger partial charge is 0.237 e. The summed E-state index contributed by atoms with van der Waals surface area (Å²) in [4.78, 5) is 15.1. The molecule has 0 spiro atoms. The molecule has 0 aliphatic carbocycles. The molecule has 2 rings (SSSR count). The molecule has 1 aliphatic heterocycles. The first-order chi connectivity index (χ1) is 7.63. The number of amides is 1. The maximum absolute atomic E-state index is 13.7. The Balaban J connectivity index is 2.31. The second-order valence-electron chi connectivity index (χ2n) is 3.62. The number of ether oxygens (including phenoxy) is 1. The largest absolute Gasteiger partial charge is 0.495 e. The Labute approximate surface area is 91.8 Å². The van der Waals surface area contributed by atoms with E-state index < -0.39 is 17.8 Å². The van der Waals surface area contributed by atoms with E-state index >= 15 is 0 Å². The summed E-state index contributed by atoms with van der Waals surface area (Å²) in [6, 6.07) is 0.494. The van der Waals surface area contributed by atoms with Gasteiger partial charge in [0.15, 0.2) is 0 Å². The van der Waals surface area contributed by atoms with Gasteiger partial charge in [-0.1, -0.05) is 0 Å². The van der Waals surface area contributed by atoms with Crippen molar-refractivity contribution in [2.45, 2.75) is 12.0 Å². The zero-order valence-electron chi connectivity index (χ0n) is 8.74. The molecule has 1 aliphatic rings. The van der Waals surface area contributed by atoms with Crippen molar-refractivity contribution < 1.29 is 13.9 Å². The third kappa shape index (κ3) is 1.71. The molecule has 1 fully saturated rings. The van der Waals surface area contributed by atoms with Crippen molar-refractivity contribution in [1.29, 1.82) is 0 Å². The zero-order valence-corrected chi connectivity index (χ0v) is 8.74. The maximum atomic E-state index is 13.7. The lowest BCUT2D eigenvalue weighted by Gasteiger charge is -2.13. The standard InChI is InChI=1S/C10H12FN3O2/c1-16-5-2-7(11)9(13-3-5)6-4-14-10(15)8(6)12/h2-3,6,8H,4,12H2,1H3,(H,14,15)/t6-,8+/m0/s1. The number of hydrogen-bond acceptors (Lipinski definition) is 4. The monoisotopic (exact) mass is 225 g/mol. The molecule has 6 heteroatoms. The highest BCUT2D eigenvalue weighted by molar-refractivity contribution is 5.85. The Morgan fingerprint density at radius 3 is 2.94 bits per heavy atom. The molecule has 0 aromatic carbocycles. The number of rotatable bonds is 2. The number of nitrogens with one attached hydrogen (secondary N) is 1. The number of carbonyl (C=O) groups excluding carboxylic acids is 1. The predicted octanol–water partition coefficient (Wildman–Crippen LogP) is -0.230. The van der Waals surface area contributed by atoms with E-state index in [0.717, 1.165) is 0 Å². The minimum Gasteiger partial charge on any atom is -0.495 e. The molecule has 3 N–H and O–H groups in total. The van der Waals surface area contributed by atoms with Gasteiger partial charge in [0.25, 0.3) is 0 Å². The van der Waals surface area contributed by atoms with Crippen molar-refractivity contribution in [2.75, 3.05) is 13.7 Å². The van der Waals surface area contributed by atoms with Crippen molar-refractivity contribution >= 4 is 5.91 Å². The molecular formula is C10H12FN3O2. The third-order valence-corrected chi connectivity index (χ3v) is 2.66. The second-order valence-corrected chi connectivity index (χ2v) is 3.62. The fourth-order valence-electron chi connectivity index (χ4n) is 1.72. The van der Waals surface area contributed by atoms with E-state index in [4.69, 9.17) is 10.5 Å². The summed E-state index contributed by atoms with van der Waals surface area (Å²) in [7, 11) is 1.43. The highest BCUT2D eigenvalue weighted by Crippen LogP contribution is 2.25. The normalized spacial score (nSPS) is 24.3. The molecular weight excluding hydrogens is 213 g/mol. The molecule has 2 heterocycles. The summed E-state index contributed by atoms with van der Waals surface area (Å²) in [6.07, 6.45) is 1.41. The summed E-state index contributed by atoms with van der Waals surface area (Å²) in [6.45, 7) is 0.316. The van der Waals surface area contributed by atoms with Gasteiger partial charge >= 0.3 is 0 Å². The first-order valence-corrected chi connectivity index (χ1v) is 4.86. The number of hydrogen-bond donors (Lipinski definition) is 2. The SMILES string of the molecule is COc1cnc([C@H]2CNC(=O)[C@@H]2N)c(F)c1. The summed E-state index contributed by atoms with van der Waals surface area (Å²) < 4.78 is 18.5. The van der Waals surface area contributed by atoms with Crippen LogP contribution in [0.5, 0.6) is 5.75 Å². The van der Waals surface area contributed by atoms with Gasteiger partial charge in [-0.3, -0.25) is 9.78 Å². The number of halogens is 1. The van der Waals surface area contributed by atoms with E-state index in [1.165, 1.54) is 19.4 Å². The van der Waals surface area contributed by atoms with Crippen molar-refractivity contribution in [3.63, 3.8) is 0 Å². The van der Waals surface area contributed by atoms with Crippen LogP contribution in [0.1, 0.15) is 11.6 Å². The van der Waals surface area contributed by atoms with Crippen LogP contribution in [0.2, 0.25) is 0 Å². The zero-order chi connectivity index (χ0) is 11.7. The van der Waals surface area contributed by atoms with Gasteiger partial charge in [-0.05, 0) is 0 Å². The van der Waals surface area contributed by atoms with Crippen LogP contribution >= 0.6 is 0 Å². The summed E-state index contributed by atoms with van der Waals surface area (Å²) >= 11 is 0. The van der Waals surface area contributed by atoms with E-state index in [9.17, 15) is 9.18 Å². The van der Waals surface area contributed by atoms with Crippen molar-refractivity contribution in [2.24, 2.45) is 5.73 Å². The van der Waals surface area contributed by atoms with Gasteiger partial charge in [0.1, 0.15) is 11.6 Å². The molecule has 1 amide bonds. The Morgan fingerprint density at radius 2 is 2.44 bits per heavy atom. The van der Waals surface area contributed by atoms with E-state index in [1.54, 1.807) is 0 Å². The van der Waals surface area contributed by atoms with Crippen molar-refractivity contribution in [3.05, 3.63) is 23.8 Å². The molecule has 5 nitrogen and oxygen atoms in total. The Bertz CT molecular complexity index is 425. The van der Waals surface area contributed by atoms with E-state index in [0.29, 0.717) is 12.3 Å². The lowest BCUT2D eigenvalue weighted by atomic mass is 9.99. The fourth-order valence-corrected chi connectivity index (χ4v) is 1.72. The molecule has 0 bridgehead atoms. The highest BCUT2D eigenvalue weighted by atomic mass is 19.1. The molecule has 0 saturated carbocycles. The third-order valence-electron chi connectivity index (χ3n) is 2.66. The van der Waals surface area contributed by atoms with Crippen molar-refractivity contribution in [1.82, 2.24) is 10.3 Å². The molecule has 86 valence electrons. The lowest BCUT2D eigenvalue weighted by molar-refractivity contribution is -0.120. The van der Waals surface area contributed by atoms with Crippen LogP contribution < -0.4 is 15.8 Å². The number of pyridine rings is 1. The summed E-state index contributed by atoms with van der Waals surface area (Å²) in [5.41, 5.74) is 5.84. The number of carbonyl (C=O) groups is 1. The minimum atomic E-state index is -0.740. The van der Waals surface area contributed by atoms with Crippen LogP contribution in [-0.2, 0) is 4.79 Å². The second kappa shape index (κ2) is 4.05. The van der Waals surface area contributed by atoms with Crippen LogP contribution in [0.25, 0.3) is 0 Å². The summed E-state index contributed by atoms with van der Waals surface area (Å²) in [5.74, 6) is -0.858. The lowest BCUT2D eigenvalue weighted by Crippen LogP contribution is -2.33. The quantitative estimate of drug-likeness (QED) is 0.729. The van der Waals surface area contributed by atoms with Gasteiger partial charge in [-0.25, -0.2) is 4.39 Å². The topological polar surface area (TPSA) is 77.2 Å². The Kier molecular flexibility index (Phi) is 2.74. The molecule has 16 heavy (non-hydrogen) atoms. The number of nitrogens with zero attached hydrogens (tertiary/aromatic N) is 1. The van der Waals surface area contributed by atoms with Gasteiger partial charge in [0.05, 0.1) is 25.0 Å². The van der Waals surface area contributed by atoms with Crippen LogP contribution in [0.3, 0.4) is 0 Å². The molecule has 2 atom stereocenters. The van der Waals surface area contributed by atoms with Gasteiger partial charge in [-0.15, -0.1) is 0 Å². The van der Waals surface area contributed by atoms with Gasteiger partial charge in [0.2, 0.25) is 5.91 Å². The summed E-state index contributed by atoms with van der Waals surface area (Å²) in [5, 5.41) is 2.57. The average Bonchev–Trinajstić information content (AvgIpc) is 2.60. The number of methoxy groups -OCH3 is 1. The van der Waals surface area contributed by atoms with Crippen LogP contribution in [0, 0.1) is 5.82 Å². The molecule has 1 aromatic heterocycles. The molecule has 0 unspecified atom stereocenters. The van der Waals surface area contributed by atoms with Crippen LogP contribution in [0.15, 0.2) is 12.3 Å². The first-order valence-electron chi connectivity index (χ1n) is 4.86. The Morgan fingerprint density at radius 1 is 1.69 bits per heavy atom. The van der Waals surface area contributed by atoms with Crippen LogP contribution in [0.4, 0.5) is 4.39 Å². The maximum Gasteiger partial charge on any atom is 0.237 e. The van der Waals surface area contributed by atoms with Gasteiger partial charge in [0, 0.05) is 18.5 Å². The molecule has 1 saturated heterocycles. The first kappa shape index (κ1) is 10.8. The van der Waals surface area contributed by atoms with Gasteiger partial charge in [-0.2, -0.15) is 0 Å². The van der Waals surface area contributed by atoms with Gasteiger partial charge < -0.3 is 15.8 Å². The van der Waals surface area contributed by atoms with E-state index in [-0.39, 0.29) is 11.6 Å². The fraction of sp³-hybridized carbons (Fsp3) is 0.400. The van der Waals surface area contributed by atoms with Crippen LogP contribution in [-0.4, -0.2) is 30.6 Å². The number of aromatic nitrogens is 1.